The van der Waals surface area contributed by atoms with Gasteiger partial charge in [0.1, 0.15) is 19.8 Å². The number of carbonyl (C=O) groups excluding carboxylic acids is 4. The average Bonchev–Trinajstić information content (AvgIpc) is 3.25. The molecule has 0 aliphatic rings. The molecule has 0 aliphatic carbocycles. The lowest BCUT2D eigenvalue weighted by Gasteiger charge is -2.20. The van der Waals surface area contributed by atoms with Crippen LogP contribution in [0.3, 0.4) is 0 Å². The number of carbonyl (C=O) groups is 4. The maximum Gasteiger partial charge on any atom is 0.508 e. The van der Waals surface area contributed by atoms with E-state index in [-0.39, 0.29) is 51.2 Å². The molecular weight excluding hydrogens is 767 g/mol. The molecule has 0 spiro atoms. The Balaban J connectivity index is 4.88. The molecule has 0 aliphatic heterocycles. The van der Waals surface area contributed by atoms with Gasteiger partial charge in [-0.15, -0.1) is 0 Å². The Morgan fingerprint density at radius 3 is 1.53 bits per heavy atom. The van der Waals surface area contributed by atoms with Gasteiger partial charge in [0, 0.05) is 39.0 Å². The highest BCUT2D eigenvalue weighted by atomic mass is 16.7. The topological polar surface area (TPSA) is 136 Å². The minimum absolute atomic E-state index is 0.0676. The van der Waals surface area contributed by atoms with Crippen LogP contribution >= 0.6 is 0 Å². The van der Waals surface area contributed by atoms with Crippen molar-refractivity contribution < 1.29 is 52.3 Å². The third kappa shape index (κ3) is 39.4. The number of hydrogen-bond acceptors (Lipinski definition) is 12. The Labute approximate surface area is 365 Å². The van der Waals surface area contributed by atoms with Crippen LogP contribution in [0.25, 0.3) is 0 Å². The zero-order valence-electron chi connectivity index (χ0n) is 39.0. The van der Waals surface area contributed by atoms with Crippen molar-refractivity contribution >= 4 is 24.1 Å². The first-order valence-electron chi connectivity index (χ1n) is 24.2. The maximum atomic E-state index is 12.9. The van der Waals surface area contributed by atoms with Crippen LogP contribution in [-0.4, -0.2) is 94.5 Å². The molecule has 1 atom stereocenters. The highest BCUT2D eigenvalue weighted by molar-refractivity contribution is 5.70. The first kappa shape index (κ1) is 57.3. The fourth-order valence-corrected chi connectivity index (χ4v) is 6.40. The molecule has 0 bridgehead atoms. The summed E-state index contributed by atoms with van der Waals surface area (Å²) in [7, 11) is 0. The molecule has 0 aromatic carbocycles. The molecule has 352 valence electrons. The van der Waals surface area contributed by atoms with Gasteiger partial charge < -0.3 is 38.1 Å². The molecule has 0 aromatic rings. The van der Waals surface area contributed by atoms with Crippen LogP contribution in [-0.2, 0) is 47.5 Å². The van der Waals surface area contributed by atoms with Gasteiger partial charge in [-0.3, -0.25) is 14.4 Å². The van der Waals surface area contributed by atoms with Crippen molar-refractivity contribution in [1.82, 2.24) is 4.90 Å². The summed E-state index contributed by atoms with van der Waals surface area (Å²) >= 11 is 0. The van der Waals surface area contributed by atoms with E-state index in [1.807, 2.05) is 6.08 Å². The third-order valence-electron chi connectivity index (χ3n) is 10.3. The Morgan fingerprint density at radius 2 is 0.967 bits per heavy atom. The summed E-state index contributed by atoms with van der Waals surface area (Å²) in [6, 6.07) is 0. The smallest absolute Gasteiger partial charge is 0.465 e. The molecule has 0 fully saturated rings. The van der Waals surface area contributed by atoms with Gasteiger partial charge in [-0.25, -0.2) is 4.79 Å². The van der Waals surface area contributed by atoms with Crippen molar-refractivity contribution in [2.24, 2.45) is 5.92 Å². The van der Waals surface area contributed by atoms with E-state index in [0.717, 1.165) is 90.3 Å². The number of nitrogens with zero attached hydrogens (tertiary/aromatic N) is 1. The number of esters is 3. The zero-order valence-corrected chi connectivity index (χ0v) is 39.0. The predicted octanol–water partition coefficient (Wildman–Crippen LogP) is 11.8. The molecule has 12 nitrogen and oxygen atoms in total. The van der Waals surface area contributed by atoms with E-state index in [2.05, 4.69) is 39.5 Å². The van der Waals surface area contributed by atoms with Gasteiger partial charge in [0.2, 0.25) is 0 Å². The Morgan fingerprint density at radius 1 is 0.483 bits per heavy atom. The lowest BCUT2D eigenvalue weighted by molar-refractivity contribution is -0.161. The maximum absolute atomic E-state index is 12.9. The molecule has 1 unspecified atom stereocenters. The fourth-order valence-electron chi connectivity index (χ4n) is 6.40. The van der Waals surface area contributed by atoms with Crippen molar-refractivity contribution in [2.45, 2.75) is 208 Å². The summed E-state index contributed by atoms with van der Waals surface area (Å²) in [5.41, 5.74) is 0. The van der Waals surface area contributed by atoms with Crippen LogP contribution < -0.4 is 0 Å². The highest BCUT2D eigenvalue weighted by Gasteiger charge is 2.20. The largest absolute Gasteiger partial charge is 0.508 e. The van der Waals surface area contributed by atoms with Crippen molar-refractivity contribution in [2.75, 3.05) is 59.3 Å². The third-order valence-corrected chi connectivity index (χ3v) is 10.3. The number of rotatable bonds is 44. The summed E-state index contributed by atoms with van der Waals surface area (Å²) in [4.78, 5) is 52.1. The van der Waals surface area contributed by atoms with Crippen LogP contribution in [0.2, 0.25) is 0 Å². The van der Waals surface area contributed by atoms with Gasteiger partial charge in [0.05, 0.1) is 25.2 Å². The molecule has 0 N–H and O–H groups in total. The molecule has 0 saturated carbocycles. The van der Waals surface area contributed by atoms with Crippen molar-refractivity contribution in [3.63, 3.8) is 0 Å². The second-order valence-electron chi connectivity index (χ2n) is 15.9. The lowest BCUT2D eigenvalue weighted by Crippen LogP contribution is -2.28. The molecule has 0 radical (unpaired) electrons. The Hall–Kier alpha value is -2.70. The lowest BCUT2D eigenvalue weighted by atomic mass is 10.1. The minimum atomic E-state index is -0.808. The van der Waals surface area contributed by atoms with Crippen LogP contribution in [0.4, 0.5) is 4.79 Å². The normalized spacial score (nSPS) is 12.0. The summed E-state index contributed by atoms with van der Waals surface area (Å²) in [6.07, 6.45) is 26.2. The average molecular weight is 856 g/mol. The molecule has 0 aromatic heterocycles. The van der Waals surface area contributed by atoms with Gasteiger partial charge in [-0.05, 0) is 64.1 Å². The van der Waals surface area contributed by atoms with Crippen LogP contribution in [0.1, 0.15) is 202 Å². The number of unbranched alkanes of at least 4 members (excludes halogenated alkanes) is 17. The SMILES string of the molecule is CCCCC/C=C\OC(=O)CCCCCCCC(=O)OCC(COC(=O)CCC(OCCCCCCCC)OCCCCCCCC)COC(=O)OCCCN(CC)CC. The number of ether oxygens (including phenoxy) is 7. The molecule has 60 heavy (non-hydrogen) atoms. The quantitative estimate of drug-likeness (QED) is 0.0190. The molecule has 0 heterocycles. The van der Waals surface area contributed by atoms with Crippen LogP contribution in [0.15, 0.2) is 12.3 Å². The van der Waals surface area contributed by atoms with E-state index in [9.17, 15) is 19.2 Å². The Kier molecular flexibility index (Phi) is 42.4. The molecule has 0 saturated heterocycles. The second-order valence-corrected chi connectivity index (χ2v) is 15.9. The second kappa shape index (κ2) is 44.4. The fraction of sp³-hybridized carbons (Fsp3) is 0.875. The number of hydrogen-bond donors (Lipinski definition) is 0. The van der Waals surface area contributed by atoms with Gasteiger partial charge in [-0.2, -0.15) is 0 Å². The van der Waals surface area contributed by atoms with Crippen molar-refractivity contribution in [3.05, 3.63) is 12.3 Å². The van der Waals surface area contributed by atoms with E-state index in [0.29, 0.717) is 38.9 Å². The Bertz CT molecular complexity index is 1020. The molecule has 12 heteroatoms. The van der Waals surface area contributed by atoms with Gasteiger partial charge in [-0.1, -0.05) is 131 Å². The van der Waals surface area contributed by atoms with Gasteiger partial charge in [0.25, 0.3) is 0 Å². The monoisotopic (exact) mass is 856 g/mol. The van der Waals surface area contributed by atoms with Crippen molar-refractivity contribution in [1.29, 1.82) is 0 Å². The van der Waals surface area contributed by atoms with E-state index in [4.69, 9.17) is 33.2 Å². The summed E-state index contributed by atoms with van der Waals surface area (Å²) < 4.78 is 39.1. The molecule has 0 amide bonds. The first-order valence-corrected chi connectivity index (χ1v) is 24.2. The van der Waals surface area contributed by atoms with E-state index in [1.165, 1.54) is 64.0 Å². The van der Waals surface area contributed by atoms with Gasteiger partial charge in [0.15, 0.2) is 6.29 Å². The highest BCUT2D eigenvalue weighted by Crippen LogP contribution is 2.14. The summed E-state index contributed by atoms with van der Waals surface area (Å²) in [5, 5.41) is 0. The van der Waals surface area contributed by atoms with Gasteiger partial charge >= 0.3 is 24.1 Å². The summed E-state index contributed by atoms with van der Waals surface area (Å²) in [6.45, 7) is 14.6. The first-order chi connectivity index (χ1) is 29.3. The molecular formula is C48H89NO11. The summed E-state index contributed by atoms with van der Waals surface area (Å²) in [5.74, 6) is -1.57. The van der Waals surface area contributed by atoms with Crippen molar-refractivity contribution in [3.8, 4) is 0 Å². The van der Waals surface area contributed by atoms with E-state index in [1.54, 1.807) is 0 Å². The van der Waals surface area contributed by atoms with E-state index < -0.39 is 24.3 Å². The van der Waals surface area contributed by atoms with Crippen LogP contribution in [0, 0.1) is 5.92 Å². The number of allylic oxidation sites excluding steroid dienone is 1. The standard InChI is InChI=1S/C48H89NO11/c1-6-11-14-17-23-28-37-55-47(56-38-29-24-18-15-12-7-2)34-33-46(52)59-41-43(42-60-48(53)57-39-30-35-49(9-4)10-5)40-58-45(51)32-26-21-19-20-25-31-44(50)54-36-27-22-16-13-8-3/h27,36,43,47H,6-26,28-35,37-42H2,1-5H3/b36-27-. The molecule has 0 rings (SSSR count). The van der Waals surface area contributed by atoms with E-state index >= 15 is 0 Å². The minimum Gasteiger partial charge on any atom is -0.465 e. The zero-order chi connectivity index (χ0) is 44.2. The van der Waals surface area contributed by atoms with Crippen LogP contribution in [0.5, 0.6) is 0 Å². The predicted molar refractivity (Wildman–Crippen MR) is 238 cm³/mol.